The number of nitrogens with zero attached hydrogens (tertiary/aromatic N) is 2. The second-order valence-electron chi connectivity index (χ2n) is 2.83. The fraction of sp³-hybridized carbons (Fsp3) is 0. The van der Waals surface area contributed by atoms with Gasteiger partial charge in [0.05, 0.1) is 17.3 Å². The molecule has 1 heterocycles. The van der Waals surface area contributed by atoms with Crippen molar-refractivity contribution in [2.45, 2.75) is 0 Å². The van der Waals surface area contributed by atoms with Gasteiger partial charge in [-0.15, -0.1) is 0 Å². The van der Waals surface area contributed by atoms with Gasteiger partial charge in [-0.25, -0.2) is 0 Å². The number of nitriles is 1. The Hall–Kier alpha value is -2.14. The molecule has 0 saturated heterocycles. The number of aromatic nitrogens is 1. The lowest BCUT2D eigenvalue weighted by atomic mass is 10.1. The fourth-order valence-electron chi connectivity index (χ4n) is 1.20. The number of hydrogen-bond acceptors (Lipinski definition) is 2. The van der Waals surface area contributed by atoms with E-state index in [0.717, 1.165) is 11.3 Å². The van der Waals surface area contributed by atoms with Crippen LogP contribution in [0.25, 0.3) is 11.3 Å². The lowest BCUT2D eigenvalue weighted by Crippen LogP contribution is -1.82. The van der Waals surface area contributed by atoms with Crippen LogP contribution in [0.5, 0.6) is 0 Å². The Morgan fingerprint density at radius 1 is 1.21 bits per heavy atom. The van der Waals surface area contributed by atoms with E-state index in [4.69, 9.17) is 5.26 Å². The minimum Gasteiger partial charge on any atom is -0.256 e. The summed E-state index contributed by atoms with van der Waals surface area (Å²) in [6.45, 7) is 0. The largest absolute Gasteiger partial charge is 0.256 e. The van der Waals surface area contributed by atoms with Crippen molar-refractivity contribution in [1.82, 2.24) is 4.98 Å². The quantitative estimate of drug-likeness (QED) is 0.674. The number of pyridine rings is 1. The van der Waals surface area contributed by atoms with Crippen LogP contribution >= 0.6 is 0 Å². The van der Waals surface area contributed by atoms with Crippen LogP contribution in [0, 0.1) is 17.4 Å². The Morgan fingerprint density at radius 3 is 2.57 bits per heavy atom. The van der Waals surface area contributed by atoms with Crippen molar-refractivity contribution in [2.75, 3.05) is 0 Å². The molecular formula is C12H7N2. The van der Waals surface area contributed by atoms with E-state index in [1.165, 1.54) is 0 Å². The summed E-state index contributed by atoms with van der Waals surface area (Å²) in [5.74, 6) is 0. The Morgan fingerprint density at radius 2 is 2.00 bits per heavy atom. The first kappa shape index (κ1) is 8.46. The molecule has 0 saturated carbocycles. The highest BCUT2D eigenvalue weighted by Crippen LogP contribution is 2.15. The van der Waals surface area contributed by atoms with Crippen LogP contribution in [-0.4, -0.2) is 4.98 Å². The molecule has 0 amide bonds. The van der Waals surface area contributed by atoms with E-state index in [0.29, 0.717) is 5.56 Å². The molecule has 0 aliphatic rings. The van der Waals surface area contributed by atoms with Crippen LogP contribution in [0.1, 0.15) is 5.56 Å². The zero-order valence-electron chi connectivity index (χ0n) is 7.44. The van der Waals surface area contributed by atoms with Crippen molar-refractivity contribution in [3.05, 3.63) is 54.2 Å². The molecule has 65 valence electrons. The summed E-state index contributed by atoms with van der Waals surface area (Å²) in [6, 6.07) is 15.9. The first-order valence-corrected chi connectivity index (χ1v) is 4.23. The molecule has 0 atom stereocenters. The van der Waals surface area contributed by atoms with Gasteiger partial charge >= 0.3 is 0 Å². The summed E-state index contributed by atoms with van der Waals surface area (Å²) in [5.41, 5.74) is 2.53. The van der Waals surface area contributed by atoms with Gasteiger partial charge in [0.25, 0.3) is 0 Å². The Balaban J connectivity index is 2.40. The van der Waals surface area contributed by atoms with E-state index in [9.17, 15) is 0 Å². The predicted molar refractivity (Wildman–Crippen MR) is 53.2 cm³/mol. The van der Waals surface area contributed by atoms with Gasteiger partial charge in [0, 0.05) is 11.8 Å². The van der Waals surface area contributed by atoms with Gasteiger partial charge in [-0.2, -0.15) is 5.26 Å². The molecule has 14 heavy (non-hydrogen) atoms. The normalized spacial score (nSPS) is 9.36. The fourth-order valence-corrected chi connectivity index (χ4v) is 1.20. The zero-order chi connectivity index (χ0) is 9.80. The Kier molecular flexibility index (Phi) is 2.24. The van der Waals surface area contributed by atoms with E-state index in [1.807, 2.05) is 18.2 Å². The molecule has 0 N–H and O–H groups in total. The molecule has 2 nitrogen and oxygen atoms in total. The highest BCUT2D eigenvalue weighted by Gasteiger charge is 1.97. The van der Waals surface area contributed by atoms with Crippen molar-refractivity contribution in [2.24, 2.45) is 0 Å². The van der Waals surface area contributed by atoms with Gasteiger partial charge in [0.15, 0.2) is 0 Å². The summed E-state index contributed by atoms with van der Waals surface area (Å²) in [4.78, 5) is 4.19. The van der Waals surface area contributed by atoms with E-state index in [2.05, 4.69) is 17.1 Å². The smallest absolute Gasteiger partial charge is 0.0991 e. The van der Waals surface area contributed by atoms with Gasteiger partial charge in [0.2, 0.25) is 0 Å². The molecule has 2 rings (SSSR count). The lowest BCUT2D eigenvalue weighted by Gasteiger charge is -1.98. The van der Waals surface area contributed by atoms with E-state index < -0.39 is 0 Å². The minimum absolute atomic E-state index is 0.661. The molecular weight excluding hydrogens is 172 g/mol. The van der Waals surface area contributed by atoms with Crippen LogP contribution in [0.15, 0.2) is 42.6 Å². The van der Waals surface area contributed by atoms with Crippen LogP contribution in [0.3, 0.4) is 0 Å². The number of benzene rings is 1. The molecule has 2 aromatic rings. The molecule has 1 radical (unpaired) electrons. The third-order valence-electron chi connectivity index (χ3n) is 1.91. The summed E-state index contributed by atoms with van der Waals surface area (Å²) in [5, 5.41) is 8.63. The van der Waals surface area contributed by atoms with Crippen molar-refractivity contribution in [3.63, 3.8) is 0 Å². The molecule has 0 fully saturated rings. The maximum Gasteiger partial charge on any atom is 0.0991 e. The van der Waals surface area contributed by atoms with E-state index in [-0.39, 0.29) is 0 Å². The minimum atomic E-state index is 0.661. The molecule has 2 heteroatoms. The second kappa shape index (κ2) is 3.71. The van der Waals surface area contributed by atoms with Gasteiger partial charge in [-0.1, -0.05) is 12.1 Å². The van der Waals surface area contributed by atoms with Gasteiger partial charge in [-0.05, 0) is 30.3 Å². The van der Waals surface area contributed by atoms with Crippen molar-refractivity contribution in [1.29, 1.82) is 5.26 Å². The monoisotopic (exact) mass is 179 g/mol. The summed E-state index contributed by atoms with van der Waals surface area (Å²) in [7, 11) is 0. The summed E-state index contributed by atoms with van der Waals surface area (Å²) < 4.78 is 0. The highest BCUT2D eigenvalue weighted by atomic mass is 14.7. The molecule has 1 aromatic heterocycles. The van der Waals surface area contributed by atoms with Crippen LogP contribution in [-0.2, 0) is 0 Å². The lowest BCUT2D eigenvalue weighted by molar-refractivity contribution is 1.32. The second-order valence-corrected chi connectivity index (χ2v) is 2.83. The molecule has 0 unspecified atom stereocenters. The third kappa shape index (κ3) is 1.62. The first-order valence-electron chi connectivity index (χ1n) is 4.23. The summed E-state index contributed by atoms with van der Waals surface area (Å²) >= 11 is 0. The standard InChI is InChI=1S/C12H7N2/c13-9-10-4-6-11(7-5-10)12-3-1-2-8-14-12/h2-8H. The summed E-state index contributed by atoms with van der Waals surface area (Å²) in [6.07, 6.45) is 1.70. The van der Waals surface area contributed by atoms with E-state index >= 15 is 0 Å². The zero-order valence-corrected chi connectivity index (χ0v) is 7.44. The molecule has 0 aliphatic heterocycles. The molecule has 0 aliphatic carbocycles. The average Bonchev–Trinajstić information content (AvgIpc) is 2.30. The third-order valence-corrected chi connectivity index (χ3v) is 1.91. The molecule has 0 spiro atoms. The van der Waals surface area contributed by atoms with Crippen LogP contribution in [0.2, 0.25) is 0 Å². The van der Waals surface area contributed by atoms with Crippen molar-refractivity contribution < 1.29 is 0 Å². The topological polar surface area (TPSA) is 36.7 Å². The average molecular weight is 179 g/mol. The van der Waals surface area contributed by atoms with Crippen LogP contribution < -0.4 is 0 Å². The van der Waals surface area contributed by atoms with Gasteiger partial charge < -0.3 is 0 Å². The number of rotatable bonds is 1. The highest BCUT2D eigenvalue weighted by molar-refractivity contribution is 5.59. The van der Waals surface area contributed by atoms with Crippen molar-refractivity contribution in [3.8, 4) is 17.3 Å². The predicted octanol–water partition coefficient (Wildman–Crippen LogP) is 2.42. The number of hydrogen-bond donors (Lipinski definition) is 0. The van der Waals surface area contributed by atoms with Crippen LogP contribution in [0.4, 0.5) is 0 Å². The Bertz CT molecular complexity index is 452. The van der Waals surface area contributed by atoms with Crippen molar-refractivity contribution >= 4 is 0 Å². The maximum atomic E-state index is 8.63. The Labute approximate surface area is 82.5 Å². The first-order chi connectivity index (χ1) is 6.90. The molecule has 0 bridgehead atoms. The SMILES string of the molecule is N#Cc1ccc(-c2c[c]ccn2)cc1. The van der Waals surface area contributed by atoms with Gasteiger partial charge in [0.1, 0.15) is 0 Å². The molecule has 1 aromatic carbocycles. The maximum absolute atomic E-state index is 8.63. The van der Waals surface area contributed by atoms with Gasteiger partial charge in [-0.3, -0.25) is 4.98 Å². The van der Waals surface area contributed by atoms with E-state index in [1.54, 1.807) is 24.4 Å².